The molecule has 0 saturated heterocycles. The van der Waals surface area contributed by atoms with Crippen LogP contribution in [0.1, 0.15) is 316 Å². The van der Waals surface area contributed by atoms with Crippen molar-refractivity contribution < 1.29 is 20.1 Å². The van der Waals surface area contributed by atoms with Gasteiger partial charge in [-0.2, -0.15) is 0 Å². The summed E-state index contributed by atoms with van der Waals surface area (Å²) in [5.74, 6) is -0.319. The summed E-state index contributed by atoms with van der Waals surface area (Å²) in [7, 11) is 0. The number of nitrogens with one attached hydrogen (secondary N) is 1. The van der Waals surface area contributed by atoms with E-state index in [-0.39, 0.29) is 18.9 Å². The lowest BCUT2D eigenvalue weighted by Crippen LogP contribution is -2.45. The third-order valence-electron chi connectivity index (χ3n) is 13.5. The Morgan fingerprint density at radius 1 is 0.397 bits per heavy atom. The van der Waals surface area contributed by atoms with Crippen LogP contribution in [0.5, 0.6) is 0 Å². The van der Waals surface area contributed by atoms with Gasteiger partial charge in [0, 0.05) is 0 Å². The minimum absolute atomic E-state index is 0.0105. The molecule has 5 heteroatoms. The highest BCUT2D eigenvalue weighted by Crippen LogP contribution is 2.18. The van der Waals surface area contributed by atoms with Crippen LogP contribution in [0.2, 0.25) is 0 Å². The fraction of sp³-hybridized carbons (Fsp3) is 0.914. The van der Waals surface area contributed by atoms with Gasteiger partial charge in [0.2, 0.25) is 5.91 Å². The molecule has 3 unspecified atom stereocenters. The maximum absolute atomic E-state index is 12.5. The van der Waals surface area contributed by atoms with Gasteiger partial charge in [0.15, 0.2) is 0 Å². The molecule has 0 heterocycles. The van der Waals surface area contributed by atoms with Crippen molar-refractivity contribution in [1.82, 2.24) is 5.32 Å². The lowest BCUT2D eigenvalue weighted by molar-refractivity contribution is -0.124. The molecule has 374 valence electrons. The SMILES string of the molecule is CCCCCCCCCCCCCCCC/C=C/CC/C=C/C(O)C(CO)NC(=O)CC(O)CCCCCCCCCCCCCCCCCCCCCCCCCCCCCC. The van der Waals surface area contributed by atoms with E-state index in [4.69, 9.17) is 0 Å². The van der Waals surface area contributed by atoms with Crippen molar-refractivity contribution >= 4 is 5.91 Å². The second-order valence-electron chi connectivity index (χ2n) is 19.9. The van der Waals surface area contributed by atoms with Crippen LogP contribution in [0, 0.1) is 0 Å². The highest BCUT2D eigenvalue weighted by Gasteiger charge is 2.20. The second-order valence-corrected chi connectivity index (χ2v) is 19.9. The van der Waals surface area contributed by atoms with Crippen LogP contribution in [0.4, 0.5) is 0 Å². The lowest BCUT2D eigenvalue weighted by Gasteiger charge is -2.21. The number of amides is 1. The molecule has 4 N–H and O–H groups in total. The van der Waals surface area contributed by atoms with E-state index in [0.29, 0.717) is 6.42 Å². The van der Waals surface area contributed by atoms with Gasteiger partial charge < -0.3 is 20.6 Å². The molecule has 0 bridgehead atoms. The Kier molecular flexibility index (Phi) is 52.5. The van der Waals surface area contributed by atoms with Gasteiger partial charge in [-0.15, -0.1) is 0 Å². The predicted molar refractivity (Wildman–Crippen MR) is 278 cm³/mol. The predicted octanol–water partition coefficient (Wildman–Crippen LogP) is 17.7. The van der Waals surface area contributed by atoms with Crippen molar-refractivity contribution in [3.05, 3.63) is 24.3 Å². The molecule has 0 aromatic heterocycles. The number of hydrogen-bond acceptors (Lipinski definition) is 4. The van der Waals surface area contributed by atoms with Crippen LogP contribution < -0.4 is 5.32 Å². The number of rotatable bonds is 53. The van der Waals surface area contributed by atoms with E-state index in [1.165, 1.54) is 257 Å². The van der Waals surface area contributed by atoms with Gasteiger partial charge in [-0.25, -0.2) is 0 Å². The summed E-state index contributed by atoms with van der Waals surface area (Å²) < 4.78 is 0. The molecule has 0 aliphatic rings. The molecular weight excluding hydrogens is 775 g/mol. The van der Waals surface area contributed by atoms with Crippen LogP contribution in [-0.4, -0.2) is 46.1 Å². The molecule has 0 aromatic carbocycles. The van der Waals surface area contributed by atoms with Crippen molar-refractivity contribution in [1.29, 1.82) is 0 Å². The largest absolute Gasteiger partial charge is 0.394 e. The molecule has 0 aliphatic carbocycles. The topological polar surface area (TPSA) is 89.8 Å². The Hall–Kier alpha value is -1.17. The molecule has 1 amide bonds. The summed E-state index contributed by atoms with van der Waals surface area (Å²) in [6, 6.07) is -0.759. The zero-order valence-electron chi connectivity index (χ0n) is 42.7. The summed E-state index contributed by atoms with van der Waals surface area (Å²) in [6.45, 7) is 4.24. The Bertz CT molecular complexity index is 936. The van der Waals surface area contributed by atoms with Gasteiger partial charge >= 0.3 is 0 Å². The fourth-order valence-corrected chi connectivity index (χ4v) is 9.12. The Morgan fingerprint density at radius 2 is 0.683 bits per heavy atom. The zero-order valence-corrected chi connectivity index (χ0v) is 42.7. The average Bonchev–Trinajstić information content (AvgIpc) is 3.28. The normalized spacial score (nSPS) is 13.4. The third-order valence-corrected chi connectivity index (χ3v) is 13.5. The molecule has 0 fully saturated rings. The van der Waals surface area contributed by atoms with Gasteiger partial charge in [0.05, 0.1) is 31.3 Å². The number of allylic oxidation sites excluding steroid dienone is 3. The first kappa shape index (κ1) is 61.8. The molecule has 0 spiro atoms. The minimum Gasteiger partial charge on any atom is -0.394 e. The van der Waals surface area contributed by atoms with Crippen molar-refractivity contribution in [2.75, 3.05) is 6.61 Å². The first-order valence-corrected chi connectivity index (χ1v) is 28.6. The van der Waals surface area contributed by atoms with Gasteiger partial charge in [-0.05, 0) is 32.1 Å². The zero-order chi connectivity index (χ0) is 45.8. The van der Waals surface area contributed by atoms with E-state index < -0.39 is 18.2 Å². The quantitative estimate of drug-likeness (QED) is 0.0362. The highest BCUT2D eigenvalue weighted by atomic mass is 16.3. The Balaban J connectivity index is 3.55. The summed E-state index contributed by atoms with van der Waals surface area (Å²) in [6.07, 6.45) is 68.1. The monoisotopic (exact) mass is 888 g/mol. The number of carbonyl (C=O) groups is 1. The van der Waals surface area contributed by atoms with E-state index >= 15 is 0 Å². The fourth-order valence-electron chi connectivity index (χ4n) is 9.12. The number of hydrogen-bond donors (Lipinski definition) is 4. The van der Waals surface area contributed by atoms with E-state index in [2.05, 4.69) is 31.3 Å². The molecule has 63 heavy (non-hydrogen) atoms. The van der Waals surface area contributed by atoms with Crippen molar-refractivity contribution in [2.24, 2.45) is 0 Å². The van der Waals surface area contributed by atoms with Crippen molar-refractivity contribution in [3.8, 4) is 0 Å². The van der Waals surface area contributed by atoms with E-state index in [0.717, 1.165) is 32.1 Å². The molecule has 0 aromatic rings. The molecular formula is C58H113NO4. The summed E-state index contributed by atoms with van der Waals surface area (Å²) in [4.78, 5) is 12.5. The van der Waals surface area contributed by atoms with Gasteiger partial charge in [-0.1, -0.05) is 301 Å². The molecule has 0 rings (SSSR count). The average molecular weight is 889 g/mol. The van der Waals surface area contributed by atoms with E-state index in [9.17, 15) is 20.1 Å². The number of aliphatic hydroxyl groups is 3. The molecule has 3 atom stereocenters. The maximum Gasteiger partial charge on any atom is 0.222 e. The molecule has 5 nitrogen and oxygen atoms in total. The lowest BCUT2D eigenvalue weighted by atomic mass is 10.0. The molecule has 0 radical (unpaired) electrons. The summed E-state index contributed by atoms with van der Waals surface area (Å²) in [5, 5.41) is 33.4. The van der Waals surface area contributed by atoms with Crippen LogP contribution in [0.3, 0.4) is 0 Å². The van der Waals surface area contributed by atoms with Crippen molar-refractivity contribution in [2.45, 2.75) is 334 Å². The standard InChI is InChI=1S/C58H113NO4/c1-3-5-7-9-11-13-15-17-19-21-23-25-26-27-28-29-30-31-32-33-35-37-39-41-43-45-47-49-51-55(61)53-58(63)59-56(54-60)57(62)52-50-48-46-44-42-40-38-36-34-24-22-20-18-16-14-12-10-8-6-4-2/h42,44,50,52,55-57,60-62H,3-41,43,45-49,51,53-54H2,1-2H3,(H,59,63)/b44-42+,52-50+. The number of unbranched alkanes of at least 4 members (excludes halogenated alkanes) is 42. The molecule has 0 saturated carbocycles. The maximum atomic E-state index is 12.5. The van der Waals surface area contributed by atoms with Crippen LogP contribution in [-0.2, 0) is 4.79 Å². The number of aliphatic hydroxyl groups excluding tert-OH is 3. The van der Waals surface area contributed by atoms with E-state index in [1.54, 1.807) is 6.08 Å². The van der Waals surface area contributed by atoms with E-state index in [1.807, 2.05) is 6.08 Å². The Morgan fingerprint density at radius 3 is 1.02 bits per heavy atom. The summed E-state index contributed by atoms with van der Waals surface area (Å²) in [5.41, 5.74) is 0. The van der Waals surface area contributed by atoms with Crippen molar-refractivity contribution in [3.63, 3.8) is 0 Å². The highest BCUT2D eigenvalue weighted by molar-refractivity contribution is 5.76. The molecule has 0 aliphatic heterocycles. The first-order chi connectivity index (χ1) is 31.0. The third kappa shape index (κ3) is 50.1. The summed E-state index contributed by atoms with van der Waals surface area (Å²) >= 11 is 0. The number of carbonyl (C=O) groups excluding carboxylic acids is 1. The van der Waals surface area contributed by atoms with Gasteiger partial charge in [0.25, 0.3) is 0 Å². The van der Waals surface area contributed by atoms with Gasteiger partial charge in [-0.3, -0.25) is 4.79 Å². The van der Waals surface area contributed by atoms with Crippen LogP contribution in [0.15, 0.2) is 24.3 Å². The van der Waals surface area contributed by atoms with Crippen LogP contribution in [0.25, 0.3) is 0 Å². The minimum atomic E-state index is -0.950. The first-order valence-electron chi connectivity index (χ1n) is 28.6. The second kappa shape index (κ2) is 53.4. The Labute approximate surface area is 394 Å². The smallest absolute Gasteiger partial charge is 0.222 e. The van der Waals surface area contributed by atoms with Crippen LogP contribution >= 0.6 is 0 Å². The van der Waals surface area contributed by atoms with Gasteiger partial charge in [0.1, 0.15) is 0 Å².